The summed E-state index contributed by atoms with van der Waals surface area (Å²) in [6.07, 6.45) is 0.425. The van der Waals surface area contributed by atoms with Crippen molar-refractivity contribution in [3.63, 3.8) is 0 Å². The molecule has 1 amide bonds. The van der Waals surface area contributed by atoms with Gasteiger partial charge in [-0.3, -0.25) is 14.9 Å². The second kappa shape index (κ2) is 5.74. The van der Waals surface area contributed by atoms with E-state index in [1.165, 1.54) is 0 Å². The van der Waals surface area contributed by atoms with Crippen molar-refractivity contribution < 1.29 is 22.5 Å². The molecule has 0 bridgehead atoms. The molecule has 1 aromatic rings. The lowest BCUT2D eigenvalue weighted by Gasteiger charge is -2.18. The highest BCUT2D eigenvalue weighted by Crippen LogP contribution is 2.24. The van der Waals surface area contributed by atoms with Crippen LogP contribution in [-0.2, 0) is 14.8 Å². The summed E-state index contributed by atoms with van der Waals surface area (Å²) in [6, 6.07) is 2.33. The molecule has 0 radical (unpaired) electrons. The third kappa shape index (κ3) is 3.16. The first-order chi connectivity index (χ1) is 9.82. The number of nitrogens with one attached hydrogen (secondary N) is 1. The van der Waals surface area contributed by atoms with Crippen LogP contribution < -0.4 is 5.32 Å². The van der Waals surface area contributed by atoms with Gasteiger partial charge in [-0.25, -0.2) is 8.42 Å². The van der Waals surface area contributed by atoms with Crippen LogP contribution in [0.1, 0.15) is 6.42 Å². The lowest BCUT2D eigenvalue weighted by atomic mass is 10.3. The Hall–Kier alpha value is -2.07. The van der Waals surface area contributed by atoms with Gasteiger partial charge in [-0.05, 0) is 18.6 Å². The number of hydrogen-bond acceptors (Lipinski definition) is 5. The van der Waals surface area contributed by atoms with Gasteiger partial charge >= 0.3 is 5.69 Å². The van der Waals surface area contributed by atoms with E-state index in [1.54, 1.807) is 0 Å². The number of halogens is 1. The lowest BCUT2D eigenvalue weighted by Crippen LogP contribution is -2.37. The predicted molar refractivity (Wildman–Crippen MR) is 69.4 cm³/mol. The molecule has 8 nitrogen and oxygen atoms in total. The van der Waals surface area contributed by atoms with Gasteiger partial charge in [0.25, 0.3) is 0 Å². The monoisotopic (exact) mass is 317 g/mol. The predicted octanol–water partition coefficient (Wildman–Crippen LogP) is 0.244. The summed E-state index contributed by atoms with van der Waals surface area (Å²) in [4.78, 5) is 20.7. The minimum Gasteiger partial charge on any atom is -0.355 e. The molecule has 0 atom stereocenters. The molecule has 1 N–H and O–H groups in total. The Bertz CT molecular complexity index is 691. The fourth-order valence-electron chi connectivity index (χ4n) is 1.93. The van der Waals surface area contributed by atoms with Crippen molar-refractivity contribution in [2.24, 2.45) is 0 Å². The number of nitro groups is 1. The third-order valence-electron chi connectivity index (χ3n) is 2.98. The van der Waals surface area contributed by atoms with Crippen LogP contribution in [-0.4, -0.2) is 43.2 Å². The third-order valence-corrected chi connectivity index (χ3v) is 4.82. The number of nitro benzene ring substituents is 1. The highest BCUT2D eigenvalue weighted by molar-refractivity contribution is 7.89. The van der Waals surface area contributed by atoms with Gasteiger partial charge in [-0.15, -0.1) is 0 Å². The lowest BCUT2D eigenvalue weighted by molar-refractivity contribution is -0.387. The number of amides is 1. The minimum atomic E-state index is -4.09. The van der Waals surface area contributed by atoms with E-state index < -0.39 is 37.3 Å². The van der Waals surface area contributed by atoms with Crippen LogP contribution in [0.5, 0.6) is 0 Å². The Balaban J connectivity index is 2.41. The molecule has 0 saturated carbocycles. The topological polar surface area (TPSA) is 110 Å². The molecular formula is C11H12FN3O5S. The Kier molecular flexibility index (Phi) is 4.19. The zero-order chi connectivity index (χ0) is 15.6. The van der Waals surface area contributed by atoms with E-state index in [-0.39, 0.29) is 13.1 Å². The summed E-state index contributed by atoms with van der Waals surface area (Å²) in [6.45, 7) is 0.0914. The average Bonchev–Trinajstić information content (AvgIpc) is 2.63. The summed E-state index contributed by atoms with van der Waals surface area (Å²) < 4.78 is 38.9. The second-order valence-electron chi connectivity index (χ2n) is 4.41. The molecule has 0 spiro atoms. The van der Waals surface area contributed by atoms with Crippen LogP contribution in [0.15, 0.2) is 23.1 Å². The molecule has 21 heavy (non-hydrogen) atoms. The summed E-state index contributed by atoms with van der Waals surface area (Å²) in [7, 11) is -4.09. The molecule has 1 saturated heterocycles. The zero-order valence-corrected chi connectivity index (χ0v) is 11.6. The smallest absolute Gasteiger partial charge is 0.306 e. The fraction of sp³-hybridized carbons (Fsp3) is 0.364. The fourth-order valence-corrected chi connectivity index (χ4v) is 3.38. The molecule has 1 aromatic carbocycles. The maximum atomic E-state index is 13.3. The highest BCUT2D eigenvalue weighted by atomic mass is 32.2. The van der Waals surface area contributed by atoms with Gasteiger partial charge in [0.05, 0.1) is 16.4 Å². The number of hydrogen-bond donors (Lipinski definition) is 1. The molecule has 0 unspecified atom stereocenters. The molecule has 1 aliphatic heterocycles. The van der Waals surface area contributed by atoms with Crippen molar-refractivity contribution in [3.8, 4) is 0 Å². The molecule has 2 rings (SSSR count). The van der Waals surface area contributed by atoms with Crippen molar-refractivity contribution >= 4 is 21.6 Å². The Morgan fingerprint density at radius 2 is 2.10 bits per heavy atom. The largest absolute Gasteiger partial charge is 0.355 e. The normalized spacial score (nSPS) is 17.1. The summed E-state index contributed by atoms with van der Waals surface area (Å²) >= 11 is 0. The number of carbonyl (C=O) groups excluding carboxylic acids is 1. The summed E-state index contributed by atoms with van der Waals surface area (Å²) in [5.74, 6) is -1.57. The maximum absolute atomic E-state index is 13.3. The number of sulfonamides is 1. The van der Waals surface area contributed by atoms with E-state index in [0.29, 0.717) is 19.0 Å². The Morgan fingerprint density at radius 3 is 2.76 bits per heavy atom. The van der Waals surface area contributed by atoms with Crippen molar-refractivity contribution in [1.82, 2.24) is 9.62 Å². The standard InChI is InChI=1S/C11H12FN3O5S/c12-9-3-2-8(6-10(9)15(17)18)21(19,20)14-5-1-4-13-11(16)7-14/h2-3,6H,1,4-5,7H2,(H,13,16). The van der Waals surface area contributed by atoms with Gasteiger partial charge in [0.2, 0.25) is 21.7 Å². The zero-order valence-electron chi connectivity index (χ0n) is 10.8. The summed E-state index contributed by atoms with van der Waals surface area (Å²) in [5.41, 5.74) is -0.921. The first kappa shape index (κ1) is 15.3. The Morgan fingerprint density at radius 1 is 1.38 bits per heavy atom. The van der Waals surface area contributed by atoms with Crippen molar-refractivity contribution in [2.75, 3.05) is 19.6 Å². The molecule has 0 aromatic heterocycles. The summed E-state index contributed by atoms with van der Waals surface area (Å²) in [5, 5.41) is 13.2. The average molecular weight is 317 g/mol. The Labute approximate surface area is 119 Å². The van der Waals surface area contributed by atoms with Gasteiger partial charge in [0.15, 0.2) is 0 Å². The first-order valence-electron chi connectivity index (χ1n) is 6.03. The second-order valence-corrected chi connectivity index (χ2v) is 6.35. The van der Waals surface area contributed by atoms with Gasteiger partial charge in [0, 0.05) is 19.2 Å². The van der Waals surface area contributed by atoms with E-state index >= 15 is 0 Å². The van der Waals surface area contributed by atoms with Crippen LogP contribution in [0.25, 0.3) is 0 Å². The molecular weight excluding hydrogens is 305 g/mol. The van der Waals surface area contributed by atoms with Gasteiger partial charge in [-0.2, -0.15) is 8.70 Å². The molecule has 10 heteroatoms. The minimum absolute atomic E-state index is 0.103. The highest BCUT2D eigenvalue weighted by Gasteiger charge is 2.30. The van der Waals surface area contributed by atoms with Crippen LogP contribution in [0.3, 0.4) is 0 Å². The van der Waals surface area contributed by atoms with Crippen molar-refractivity contribution in [1.29, 1.82) is 0 Å². The van der Waals surface area contributed by atoms with Crippen LogP contribution in [0, 0.1) is 15.9 Å². The van der Waals surface area contributed by atoms with E-state index in [2.05, 4.69) is 5.32 Å². The van der Waals surface area contributed by atoms with Gasteiger partial charge < -0.3 is 5.32 Å². The van der Waals surface area contributed by atoms with Crippen LogP contribution in [0.2, 0.25) is 0 Å². The molecule has 1 heterocycles. The molecule has 1 fully saturated rings. The molecule has 0 aliphatic carbocycles. The number of rotatable bonds is 3. The van der Waals surface area contributed by atoms with E-state index in [1.807, 2.05) is 0 Å². The molecule has 114 valence electrons. The first-order valence-corrected chi connectivity index (χ1v) is 7.47. The number of carbonyl (C=O) groups is 1. The number of benzene rings is 1. The van der Waals surface area contributed by atoms with E-state index in [9.17, 15) is 27.7 Å². The van der Waals surface area contributed by atoms with E-state index in [4.69, 9.17) is 0 Å². The van der Waals surface area contributed by atoms with Crippen molar-refractivity contribution in [3.05, 3.63) is 34.1 Å². The number of nitrogens with zero attached hydrogens (tertiary/aromatic N) is 2. The SMILES string of the molecule is O=C1CN(S(=O)(=O)c2ccc(F)c([N+](=O)[O-])c2)CCCN1. The van der Waals surface area contributed by atoms with Gasteiger partial charge in [-0.1, -0.05) is 0 Å². The van der Waals surface area contributed by atoms with Gasteiger partial charge in [0.1, 0.15) is 0 Å². The quantitative estimate of drug-likeness (QED) is 0.634. The molecule has 1 aliphatic rings. The van der Waals surface area contributed by atoms with Crippen LogP contribution in [0.4, 0.5) is 10.1 Å². The van der Waals surface area contributed by atoms with Crippen molar-refractivity contribution in [2.45, 2.75) is 11.3 Å². The van der Waals surface area contributed by atoms with E-state index in [0.717, 1.165) is 16.4 Å². The maximum Gasteiger partial charge on any atom is 0.306 e. The van der Waals surface area contributed by atoms with Crippen LogP contribution >= 0.6 is 0 Å².